The molecule has 5 rings (SSSR count). The summed E-state index contributed by atoms with van der Waals surface area (Å²) in [6.45, 7) is 0. The molecule has 0 saturated heterocycles. The third-order valence-electron chi connectivity index (χ3n) is 6.09. The molecule has 42 heavy (non-hydrogen) atoms. The van der Waals surface area contributed by atoms with Crippen molar-refractivity contribution in [2.45, 2.75) is 12.5 Å². The normalized spacial score (nSPS) is 16.8. The van der Waals surface area contributed by atoms with Crippen LogP contribution >= 0.6 is 11.6 Å². The number of sulfonamides is 1. The van der Waals surface area contributed by atoms with Gasteiger partial charge in [-0.3, -0.25) is 14.8 Å². The Bertz CT molecular complexity index is 1790. The number of imidazole rings is 1. The molecule has 0 spiro atoms. The fourth-order valence-electron chi connectivity index (χ4n) is 4.15. The van der Waals surface area contributed by atoms with Gasteiger partial charge in [0.2, 0.25) is 15.9 Å². The zero-order chi connectivity index (χ0) is 29.7. The van der Waals surface area contributed by atoms with Crippen molar-refractivity contribution >= 4 is 51.1 Å². The van der Waals surface area contributed by atoms with Crippen LogP contribution in [0.15, 0.2) is 67.2 Å². The lowest BCUT2D eigenvalue weighted by molar-refractivity contribution is -0.117. The number of nitrogens with one attached hydrogen (secondary N) is 4. The van der Waals surface area contributed by atoms with Gasteiger partial charge in [-0.05, 0) is 59.3 Å². The predicted molar refractivity (Wildman–Crippen MR) is 155 cm³/mol. The van der Waals surface area contributed by atoms with Gasteiger partial charge in [0.15, 0.2) is 0 Å². The average molecular weight is 610 g/mol. The van der Waals surface area contributed by atoms with Crippen molar-refractivity contribution in [1.82, 2.24) is 35.5 Å². The van der Waals surface area contributed by atoms with Gasteiger partial charge in [-0.15, -0.1) is 5.10 Å². The summed E-state index contributed by atoms with van der Waals surface area (Å²) in [4.78, 5) is 32.4. The Morgan fingerprint density at radius 1 is 1.19 bits per heavy atom. The van der Waals surface area contributed by atoms with Crippen LogP contribution < -0.4 is 15.4 Å². The summed E-state index contributed by atoms with van der Waals surface area (Å²) in [7, 11) is -2.58. The van der Waals surface area contributed by atoms with Crippen LogP contribution in [0, 0.1) is 0 Å². The summed E-state index contributed by atoms with van der Waals surface area (Å²) in [6.07, 6.45) is 8.68. The predicted octanol–water partition coefficient (Wildman–Crippen LogP) is 3.46. The van der Waals surface area contributed by atoms with Crippen molar-refractivity contribution in [3.05, 3.63) is 83.6 Å². The SMILES string of the molecule is COC(=O)Nc1ccc2c(c1)NS(=O)(=O)C/C=C/C[C@H](NC(=O)/C=C/c1cc(Cl)ccc1-n1cnnn1)c1nc-2c[nH]1. The Hall–Kier alpha value is -5.02. The molecule has 0 unspecified atom stereocenters. The maximum Gasteiger partial charge on any atom is 0.411 e. The molecule has 14 nitrogen and oxygen atoms in total. The number of benzene rings is 2. The number of H-pyrrole nitrogens is 1. The van der Waals surface area contributed by atoms with Gasteiger partial charge < -0.3 is 15.0 Å². The third-order valence-corrected chi connectivity index (χ3v) is 7.49. The number of rotatable bonds is 5. The van der Waals surface area contributed by atoms with Crippen molar-refractivity contribution in [2.24, 2.45) is 0 Å². The van der Waals surface area contributed by atoms with Crippen LogP contribution in [-0.2, 0) is 19.6 Å². The van der Waals surface area contributed by atoms with Crippen molar-refractivity contribution in [3.63, 3.8) is 0 Å². The average Bonchev–Trinajstić information content (AvgIpc) is 3.66. The molecule has 1 aliphatic heterocycles. The molecule has 3 heterocycles. The number of nitrogens with zero attached hydrogens (tertiary/aromatic N) is 5. The van der Waals surface area contributed by atoms with E-state index in [2.05, 4.69) is 45.6 Å². The molecule has 0 radical (unpaired) electrons. The second-order valence-corrected chi connectivity index (χ2v) is 11.2. The number of aromatic nitrogens is 6. The van der Waals surface area contributed by atoms with E-state index in [1.165, 1.54) is 36.3 Å². The monoisotopic (exact) mass is 609 g/mol. The standard InChI is InChI=1S/C26H24ClN9O5S/c1-41-26(38)30-18-7-8-19-21(13-18)33-42(39,40)11-3-2-4-20(25-28-14-22(19)32-25)31-24(37)10-5-16-12-17(27)6-9-23(16)36-15-29-34-35-36/h2-3,5-10,12-15,20,33H,4,11H2,1H3,(H,28,32)(H,30,38)(H,31,37)/b3-2+,10-5+/t20-/m0/s1. The molecular weight excluding hydrogens is 586 g/mol. The van der Waals surface area contributed by atoms with E-state index in [4.69, 9.17) is 11.6 Å². The summed E-state index contributed by atoms with van der Waals surface area (Å²) < 4.78 is 34.2. The number of carbonyl (C=O) groups excluding carboxylic acids is 2. The maximum atomic E-state index is 13.0. The van der Waals surface area contributed by atoms with Gasteiger partial charge in [-0.2, -0.15) is 4.68 Å². The molecule has 4 N–H and O–H groups in total. The van der Waals surface area contributed by atoms with Crippen LogP contribution in [0.2, 0.25) is 5.02 Å². The highest BCUT2D eigenvalue weighted by molar-refractivity contribution is 7.92. The maximum absolute atomic E-state index is 13.0. The van der Waals surface area contributed by atoms with Gasteiger partial charge in [-0.25, -0.2) is 18.2 Å². The number of fused-ring (bicyclic) bond motifs is 4. The number of hydrogen-bond donors (Lipinski definition) is 4. The summed E-state index contributed by atoms with van der Waals surface area (Å²) in [5.74, 6) is -0.274. The fourth-order valence-corrected chi connectivity index (χ4v) is 5.31. The largest absolute Gasteiger partial charge is 0.453 e. The first-order valence-electron chi connectivity index (χ1n) is 12.4. The molecule has 2 amide bonds. The number of tetrazole rings is 1. The zero-order valence-electron chi connectivity index (χ0n) is 22.0. The molecule has 1 atom stereocenters. The van der Waals surface area contributed by atoms with E-state index in [0.717, 1.165) is 0 Å². The second kappa shape index (κ2) is 12.2. The molecule has 0 saturated carbocycles. The van der Waals surface area contributed by atoms with Crippen LogP contribution in [0.5, 0.6) is 0 Å². The van der Waals surface area contributed by atoms with Crippen LogP contribution in [0.3, 0.4) is 0 Å². The molecule has 216 valence electrons. The number of ether oxygens (including phenoxy) is 1. The summed E-state index contributed by atoms with van der Waals surface area (Å²) in [6, 6.07) is 9.17. The summed E-state index contributed by atoms with van der Waals surface area (Å²) >= 11 is 6.17. The molecule has 16 heteroatoms. The van der Waals surface area contributed by atoms with Crippen molar-refractivity contribution in [3.8, 4) is 16.9 Å². The van der Waals surface area contributed by atoms with Gasteiger partial charge >= 0.3 is 6.09 Å². The smallest absolute Gasteiger partial charge is 0.411 e. The van der Waals surface area contributed by atoms with Gasteiger partial charge in [0.25, 0.3) is 0 Å². The highest BCUT2D eigenvalue weighted by Crippen LogP contribution is 2.32. The Kier molecular flexibility index (Phi) is 8.31. The lowest BCUT2D eigenvalue weighted by Crippen LogP contribution is -2.27. The minimum absolute atomic E-state index is 0.208. The Labute approximate surface area is 244 Å². The highest BCUT2D eigenvalue weighted by atomic mass is 35.5. The van der Waals surface area contributed by atoms with Crippen LogP contribution in [-0.4, -0.2) is 63.5 Å². The zero-order valence-corrected chi connectivity index (χ0v) is 23.6. The van der Waals surface area contributed by atoms with E-state index < -0.39 is 28.1 Å². The molecule has 2 aromatic heterocycles. The lowest BCUT2D eigenvalue weighted by Gasteiger charge is -2.16. The first-order chi connectivity index (χ1) is 20.2. The van der Waals surface area contributed by atoms with E-state index in [0.29, 0.717) is 39.0 Å². The molecule has 4 aromatic rings. The first-order valence-corrected chi connectivity index (χ1v) is 14.5. The number of hydrogen-bond acceptors (Lipinski definition) is 9. The van der Waals surface area contributed by atoms with Crippen molar-refractivity contribution < 1.29 is 22.7 Å². The molecule has 0 aliphatic carbocycles. The second-order valence-electron chi connectivity index (χ2n) is 8.99. The molecule has 0 fully saturated rings. The van der Waals surface area contributed by atoms with E-state index in [1.807, 2.05) is 0 Å². The van der Waals surface area contributed by atoms with E-state index in [9.17, 15) is 18.0 Å². The fraction of sp³-hybridized carbons (Fsp3) is 0.154. The molecule has 2 aromatic carbocycles. The Morgan fingerprint density at radius 3 is 2.83 bits per heavy atom. The molecule has 1 aliphatic rings. The number of carbonyl (C=O) groups is 2. The van der Waals surface area contributed by atoms with Crippen molar-refractivity contribution in [1.29, 1.82) is 0 Å². The van der Waals surface area contributed by atoms with E-state index in [1.54, 1.807) is 48.7 Å². The quantitative estimate of drug-likeness (QED) is 0.194. The Morgan fingerprint density at radius 2 is 2.05 bits per heavy atom. The Balaban J connectivity index is 1.42. The number of halogens is 1. The van der Waals surface area contributed by atoms with Crippen LogP contribution in [0.1, 0.15) is 23.9 Å². The topological polar surface area (TPSA) is 186 Å². The van der Waals surface area contributed by atoms with E-state index in [-0.39, 0.29) is 17.9 Å². The van der Waals surface area contributed by atoms with Gasteiger partial charge in [0.05, 0.1) is 36.0 Å². The highest BCUT2D eigenvalue weighted by Gasteiger charge is 2.21. The van der Waals surface area contributed by atoms with Gasteiger partial charge in [0.1, 0.15) is 12.2 Å². The van der Waals surface area contributed by atoms with Gasteiger partial charge in [0, 0.05) is 34.1 Å². The minimum atomic E-state index is -3.80. The molecule has 2 bridgehead atoms. The number of aromatic amines is 1. The summed E-state index contributed by atoms with van der Waals surface area (Å²) in [5, 5.41) is 17.1. The third kappa shape index (κ3) is 6.82. The number of amides is 2. The molecular formula is C26H24ClN9O5S. The van der Waals surface area contributed by atoms with E-state index >= 15 is 0 Å². The van der Waals surface area contributed by atoms with Crippen LogP contribution in [0.4, 0.5) is 16.2 Å². The van der Waals surface area contributed by atoms with Crippen LogP contribution in [0.25, 0.3) is 23.0 Å². The van der Waals surface area contributed by atoms with Crippen molar-refractivity contribution in [2.75, 3.05) is 22.9 Å². The first kappa shape index (κ1) is 28.5. The summed E-state index contributed by atoms with van der Waals surface area (Å²) in [5.41, 5.74) is 2.65. The van der Waals surface area contributed by atoms with Gasteiger partial charge in [-0.1, -0.05) is 23.8 Å². The number of methoxy groups -OCH3 is 1. The lowest BCUT2D eigenvalue weighted by atomic mass is 10.1. The number of anilines is 2. The minimum Gasteiger partial charge on any atom is -0.453 e.